The molecular weight excluding hydrogens is 260 g/mol. The highest BCUT2D eigenvalue weighted by Crippen LogP contribution is 2.27. The molecule has 0 bridgehead atoms. The molecule has 0 fully saturated rings. The summed E-state index contributed by atoms with van der Waals surface area (Å²) >= 11 is 0. The summed E-state index contributed by atoms with van der Waals surface area (Å²) in [7, 11) is 0. The van der Waals surface area contributed by atoms with Crippen LogP contribution in [0.15, 0.2) is 59.4 Å². The monoisotopic (exact) mass is 272 g/mol. The van der Waals surface area contributed by atoms with Gasteiger partial charge in [0.15, 0.2) is 0 Å². The van der Waals surface area contributed by atoms with Crippen LogP contribution in [0.5, 0.6) is 0 Å². The van der Waals surface area contributed by atoms with Gasteiger partial charge in [-0.1, -0.05) is 29.8 Å². The Morgan fingerprint density at radius 3 is 2.19 bits per heavy atom. The maximum absolute atomic E-state index is 12.8. The third kappa shape index (κ3) is 1.21. The highest BCUT2D eigenvalue weighted by atomic mass is 16.1. The predicted molar refractivity (Wildman–Crippen MR) is 85.6 cm³/mol. The molecule has 0 spiro atoms. The Morgan fingerprint density at radius 2 is 1.38 bits per heavy atom. The van der Waals surface area contributed by atoms with E-state index < -0.39 is 0 Å². The van der Waals surface area contributed by atoms with E-state index in [0.29, 0.717) is 0 Å². The molecule has 5 rings (SSSR count). The summed E-state index contributed by atoms with van der Waals surface area (Å²) in [6.45, 7) is 2.07. The standard InChI is InChI=1S/C18H12N2O/c1-11-6-7-15-13(8-11)10-17-16-9-12-4-2-3-5-14(12)19(16)18(21)20(15)17/h2-10H,1H3. The number of aromatic nitrogens is 2. The van der Waals surface area contributed by atoms with Crippen molar-refractivity contribution in [3.05, 3.63) is 70.6 Å². The summed E-state index contributed by atoms with van der Waals surface area (Å²) in [6.07, 6.45) is 0. The molecule has 0 aliphatic rings. The fourth-order valence-corrected chi connectivity index (χ4v) is 3.38. The van der Waals surface area contributed by atoms with E-state index in [1.54, 1.807) is 0 Å². The van der Waals surface area contributed by atoms with E-state index in [4.69, 9.17) is 0 Å². The van der Waals surface area contributed by atoms with Crippen LogP contribution in [0, 0.1) is 6.92 Å². The lowest BCUT2D eigenvalue weighted by molar-refractivity contribution is 1.06. The van der Waals surface area contributed by atoms with Crippen molar-refractivity contribution in [2.24, 2.45) is 0 Å². The molecule has 100 valence electrons. The Morgan fingerprint density at radius 1 is 0.714 bits per heavy atom. The molecule has 3 heteroatoms. The largest absolute Gasteiger partial charge is 0.338 e. The van der Waals surface area contributed by atoms with Crippen molar-refractivity contribution >= 4 is 32.8 Å². The summed E-state index contributed by atoms with van der Waals surface area (Å²) in [5, 5.41) is 2.23. The topological polar surface area (TPSA) is 25.9 Å². The minimum absolute atomic E-state index is 0.0139. The zero-order chi connectivity index (χ0) is 14.1. The number of nitrogens with zero attached hydrogens (tertiary/aromatic N) is 2. The third-order valence-corrected chi connectivity index (χ3v) is 4.31. The average Bonchev–Trinajstić information content (AvgIpc) is 3.09. The van der Waals surface area contributed by atoms with Crippen LogP contribution in [-0.4, -0.2) is 8.80 Å². The number of fused-ring (bicyclic) bond motifs is 7. The van der Waals surface area contributed by atoms with E-state index in [0.717, 1.165) is 32.8 Å². The van der Waals surface area contributed by atoms with Crippen molar-refractivity contribution in [3.8, 4) is 0 Å². The summed E-state index contributed by atoms with van der Waals surface area (Å²) < 4.78 is 3.63. The molecule has 0 aliphatic heterocycles. The molecule has 3 nitrogen and oxygen atoms in total. The number of rotatable bonds is 0. The fraction of sp³-hybridized carbons (Fsp3) is 0.0556. The normalized spacial score (nSPS) is 12.2. The molecule has 0 amide bonds. The van der Waals surface area contributed by atoms with E-state index in [2.05, 4.69) is 31.2 Å². The Labute approximate surface area is 120 Å². The van der Waals surface area contributed by atoms with Crippen LogP contribution < -0.4 is 5.69 Å². The van der Waals surface area contributed by atoms with Gasteiger partial charge in [0.25, 0.3) is 0 Å². The number of benzene rings is 2. The summed E-state index contributed by atoms with van der Waals surface area (Å²) in [5.74, 6) is 0. The zero-order valence-corrected chi connectivity index (χ0v) is 11.5. The number of aryl methyl sites for hydroxylation is 1. The average molecular weight is 272 g/mol. The first kappa shape index (κ1) is 10.9. The van der Waals surface area contributed by atoms with Crippen molar-refractivity contribution in [2.75, 3.05) is 0 Å². The lowest BCUT2D eigenvalue weighted by Crippen LogP contribution is -2.13. The molecule has 0 aliphatic carbocycles. The first-order valence-corrected chi connectivity index (χ1v) is 7.02. The Hall–Kier alpha value is -2.81. The lowest BCUT2D eigenvalue weighted by atomic mass is 10.2. The molecule has 0 atom stereocenters. The van der Waals surface area contributed by atoms with Gasteiger partial charge in [0.2, 0.25) is 0 Å². The second-order valence-corrected chi connectivity index (χ2v) is 5.63. The van der Waals surface area contributed by atoms with Crippen LogP contribution in [0.2, 0.25) is 0 Å². The summed E-state index contributed by atoms with van der Waals surface area (Å²) in [6, 6.07) is 18.4. The number of imidazole rings is 1. The second-order valence-electron chi connectivity index (χ2n) is 5.63. The van der Waals surface area contributed by atoms with Crippen molar-refractivity contribution < 1.29 is 0 Å². The van der Waals surface area contributed by atoms with Gasteiger partial charge in [0.1, 0.15) is 0 Å². The molecule has 0 unspecified atom stereocenters. The van der Waals surface area contributed by atoms with E-state index in [1.165, 1.54) is 5.56 Å². The molecule has 5 aromatic rings. The number of hydrogen-bond donors (Lipinski definition) is 0. The van der Waals surface area contributed by atoms with Gasteiger partial charge >= 0.3 is 5.69 Å². The zero-order valence-electron chi connectivity index (χ0n) is 11.5. The third-order valence-electron chi connectivity index (χ3n) is 4.31. The van der Waals surface area contributed by atoms with E-state index in [1.807, 2.05) is 39.1 Å². The smallest absolute Gasteiger partial charge is 0.260 e. The molecule has 0 saturated heterocycles. The minimum atomic E-state index is 0.0139. The quantitative estimate of drug-likeness (QED) is 0.423. The van der Waals surface area contributed by atoms with Crippen LogP contribution in [0.1, 0.15) is 5.56 Å². The van der Waals surface area contributed by atoms with Gasteiger partial charge in [0, 0.05) is 10.8 Å². The van der Waals surface area contributed by atoms with Crippen molar-refractivity contribution in [1.29, 1.82) is 0 Å². The number of hydrogen-bond acceptors (Lipinski definition) is 1. The van der Waals surface area contributed by atoms with Gasteiger partial charge in [-0.05, 0) is 37.3 Å². The van der Waals surface area contributed by atoms with Gasteiger partial charge in [-0.25, -0.2) is 4.79 Å². The van der Waals surface area contributed by atoms with Crippen LogP contribution >= 0.6 is 0 Å². The molecule has 0 radical (unpaired) electrons. The second kappa shape index (κ2) is 3.44. The first-order chi connectivity index (χ1) is 10.2. The summed E-state index contributed by atoms with van der Waals surface area (Å²) in [5.41, 5.74) is 5.14. The van der Waals surface area contributed by atoms with E-state index >= 15 is 0 Å². The van der Waals surface area contributed by atoms with Crippen LogP contribution in [-0.2, 0) is 0 Å². The SMILES string of the molecule is Cc1ccc2c(c1)cc1c3cc4ccccc4n3c(=O)n21. The molecule has 21 heavy (non-hydrogen) atoms. The first-order valence-electron chi connectivity index (χ1n) is 7.02. The summed E-state index contributed by atoms with van der Waals surface area (Å²) in [4.78, 5) is 12.8. The van der Waals surface area contributed by atoms with Crippen molar-refractivity contribution in [3.63, 3.8) is 0 Å². The lowest BCUT2D eigenvalue weighted by Gasteiger charge is -1.94. The maximum atomic E-state index is 12.8. The van der Waals surface area contributed by atoms with Gasteiger partial charge in [-0.3, -0.25) is 8.80 Å². The van der Waals surface area contributed by atoms with E-state index in [-0.39, 0.29) is 5.69 Å². The Bertz CT molecular complexity index is 1210. The number of para-hydroxylation sites is 1. The molecule has 3 heterocycles. The highest BCUT2D eigenvalue weighted by Gasteiger charge is 2.16. The Balaban J connectivity index is 2.13. The highest BCUT2D eigenvalue weighted by molar-refractivity contribution is 5.99. The van der Waals surface area contributed by atoms with Gasteiger partial charge in [0.05, 0.1) is 22.1 Å². The van der Waals surface area contributed by atoms with Crippen LogP contribution in [0.3, 0.4) is 0 Å². The molecule has 2 aromatic carbocycles. The molecule has 3 aromatic heterocycles. The minimum Gasteiger partial charge on any atom is -0.260 e. The van der Waals surface area contributed by atoms with Crippen molar-refractivity contribution in [2.45, 2.75) is 6.92 Å². The van der Waals surface area contributed by atoms with Gasteiger partial charge < -0.3 is 0 Å². The van der Waals surface area contributed by atoms with Crippen molar-refractivity contribution in [1.82, 2.24) is 8.80 Å². The van der Waals surface area contributed by atoms with Gasteiger partial charge in [-0.2, -0.15) is 0 Å². The Kier molecular flexibility index (Phi) is 1.79. The fourth-order valence-electron chi connectivity index (χ4n) is 3.38. The molecule has 0 saturated carbocycles. The van der Waals surface area contributed by atoms with Crippen LogP contribution in [0.4, 0.5) is 0 Å². The molecular formula is C18H12N2O. The maximum Gasteiger partial charge on any atom is 0.338 e. The van der Waals surface area contributed by atoms with Gasteiger partial charge in [-0.15, -0.1) is 0 Å². The predicted octanol–water partition coefficient (Wildman–Crippen LogP) is 3.60. The van der Waals surface area contributed by atoms with Crippen LogP contribution in [0.25, 0.3) is 32.8 Å². The molecule has 0 N–H and O–H groups in total. The van der Waals surface area contributed by atoms with E-state index in [9.17, 15) is 4.79 Å².